The lowest BCUT2D eigenvalue weighted by Crippen LogP contribution is -2.38. The fourth-order valence-electron chi connectivity index (χ4n) is 6.62. The quantitative estimate of drug-likeness (QED) is 0.148. The number of aromatic nitrogens is 1. The van der Waals surface area contributed by atoms with Crippen LogP contribution in [0.2, 0.25) is 0 Å². The van der Waals surface area contributed by atoms with Crippen LogP contribution in [0.25, 0.3) is 27.4 Å². The fraction of sp³-hybridized carbons (Fsp3) is 0.357. The van der Waals surface area contributed by atoms with Crippen LogP contribution in [0, 0.1) is 5.82 Å². The zero-order valence-corrected chi connectivity index (χ0v) is 31.3. The lowest BCUT2D eigenvalue weighted by atomic mass is 10.0. The van der Waals surface area contributed by atoms with E-state index in [1.165, 1.54) is 6.07 Å². The van der Waals surface area contributed by atoms with Gasteiger partial charge in [0.2, 0.25) is 11.8 Å². The van der Waals surface area contributed by atoms with Crippen LogP contribution in [-0.2, 0) is 16.1 Å². The lowest BCUT2D eigenvalue weighted by Gasteiger charge is -2.30. The predicted molar refractivity (Wildman–Crippen MR) is 208 cm³/mol. The Morgan fingerprint density at radius 1 is 1.06 bits per heavy atom. The summed E-state index contributed by atoms with van der Waals surface area (Å²) in [4.78, 5) is 45.1. The first kappa shape index (κ1) is 37.5. The van der Waals surface area contributed by atoms with Crippen LogP contribution < -0.4 is 20.4 Å². The highest BCUT2D eigenvalue weighted by Gasteiger charge is 2.34. The van der Waals surface area contributed by atoms with E-state index in [-0.39, 0.29) is 34.0 Å². The molecule has 1 unspecified atom stereocenters. The molecule has 11 heteroatoms. The average molecular weight is 722 g/mol. The largest absolute Gasteiger partial charge is 0.451 e. The number of rotatable bonds is 11. The number of hydrogen-bond acceptors (Lipinski definition) is 7. The molecule has 1 fully saturated rings. The van der Waals surface area contributed by atoms with Crippen LogP contribution in [0.3, 0.4) is 0 Å². The Morgan fingerprint density at radius 3 is 2.40 bits per heavy atom. The summed E-state index contributed by atoms with van der Waals surface area (Å²) in [5, 5.41) is 4.74. The molecule has 7 rings (SSSR count). The van der Waals surface area contributed by atoms with E-state index in [2.05, 4.69) is 26.1 Å². The van der Waals surface area contributed by atoms with Gasteiger partial charge in [-0.25, -0.2) is 4.39 Å². The number of fused-ring (bicyclic) bond motifs is 3. The molecule has 1 atom stereocenters. The van der Waals surface area contributed by atoms with Gasteiger partial charge in [-0.3, -0.25) is 14.4 Å². The second-order valence-electron chi connectivity index (χ2n) is 14.5. The molecule has 1 saturated heterocycles. The van der Waals surface area contributed by atoms with E-state index in [4.69, 9.17) is 9.47 Å². The molecule has 53 heavy (non-hydrogen) atoms. The van der Waals surface area contributed by atoms with Gasteiger partial charge in [-0.05, 0) is 75.3 Å². The van der Waals surface area contributed by atoms with Crippen LogP contribution in [0.5, 0.6) is 11.5 Å². The van der Waals surface area contributed by atoms with Crippen molar-refractivity contribution < 1.29 is 23.5 Å². The molecule has 0 bridgehead atoms. The van der Waals surface area contributed by atoms with Crippen LogP contribution in [0.1, 0.15) is 49.5 Å². The number of pyridine rings is 1. The summed E-state index contributed by atoms with van der Waals surface area (Å²) in [6, 6.07) is 22.4. The van der Waals surface area contributed by atoms with Gasteiger partial charge in [0.25, 0.3) is 5.91 Å². The first-order valence-electron chi connectivity index (χ1n) is 18.0. The van der Waals surface area contributed by atoms with Gasteiger partial charge in [0.15, 0.2) is 17.3 Å². The maximum absolute atomic E-state index is 16.2. The molecule has 2 aliphatic heterocycles. The third kappa shape index (κ3) is 7.91. The molecule has 278 valence electrons. The van der Waals surface area contributed by atoms with Gasteiger partial charge in [-0.2, -0.15) is 0 Å². The smallest absolute Gasteiger partial charge is 0.259 e. The molecule has 0 spiro atoms. The molecule has 0 aliphatic carbocycles. The van der Waals surface area contributed by atoms with Crippen molar-refractivity contribution in [3.05, 3.63) is 106 Å². The van der Waals surface area contributed by atoms with E-state index in [1.807, 2.05) is 90.6 Å². The molecule has 3 heterocycles. The zero-order chi connectivity index (χ0) is 37.9. The minimum absolute atomic E-state index is 0.0438. The van der Waals surface area contributed by atoms with E-state index in [0.717, 1.165) is 22.8 Å². The molecule has 2 aliphatic rings. The number of nitrogens with zero attached hydrogens (tertiary/aromatic N) is 4. The molecule has 1 aromatic heterocycles. The highest BCUT2D eigenvalue weighted by atomic mass is 19.1. The van der Waals surface area contributed by atoms with Crippen molar-refractivity contribution in [2.75, 3.05) is 52.3 Å². The zero-order valence-electron chi connectivity index (χ0n) is 31.3. The highest BCUT2D eigenvalue weighted by Crippen LogP contribution is 2.48. The Morgan fingerprint density at radius 2 is 1.75 bits per heavy atom. The third-order valence-corrected chi connectivity index (χ3v) is 10.2. The minimum atomic E-state index is -0.625. The fourth-order valence-corrected chi connectivity index (χ4v) is 6.62. The second kappa shape index (κ2) is 15.8. The molecule has 0 saturated carbocycles. The standard InChI is InChI=1S/C36H34FN5O4.C6H14O/c1-39(2)14-15-41(19-23-8-4-3-5-9-23)36(45)28-21-42-30-16-24-10-6-7-11-25(24)17-31(30)46-35-32(42)27(34(28)44)18-29(37)33(35)40-13-12-26(20-40)38-22-43;1-5-6(2,3)7-4/h3-11,16-18,21-22,26H,12-15,19-20H2,1-2H3,(H,38,43);5H2,1-4H3. The number of benzene rings is 4. The monoisotopic (exact) mass is 721 g/mol. The number of carbonyl (C=O) groups excluding carboxylic acids is 2. The lowest BCUT2D eigenvalue weighted by molar-refractivity contribution is -0.110. The van der Waals surface area contributed by atoms with Gasteiger partial charge in [0, 0.05) is 52.1 Å². The van der Waals surface area contributed by atoms with Crippen molar-refractivity contribution in [1.29, 1.82) is 0 Å². The number of anilines is 1. The number of methoxy groups -OCH3 is 1. The average Bonchev–Trinajstić information content (AvgIpc) is 3.61. The molecule has 5 aromatic rings. The molecule has 10 nitrogen and oxygen atoms in total. The van der Waals surface area contributed by atoms with Crippen LogP contribution in [0.15, 0.2) is 83.8 Å². The Balaban J connectivity index is 0.000000626. The Bertz CT molecular complexity index is 2180. The molecule has 4 aromatic carbocycles. The van der Waals surface area contributed by atoms with Gasteiger partial charge in [-0.15, -0.1) is 0 Å². The van der Waals surface area contributed by atoms with Crippen molar-refractivity contribution >= 4 is 39.7 Å². The van der Waals surface area contributed by atoms with Gasteiger partial charge in [-0.1, -0.05) is 61.5 Å². The normalized spacial score (nSPS) is 14.8. The maximum atomic E-state index is 16.2. The first-order chi connectivity index (χ1) is 25.4. The molecular weight excluding hydrogens is 673 g/mol. The number of carbonyl (C=O) groups is 2. The van der Waals surface area contributed by atoms with Crippen molar-refractivity contribution in [1.82, 2.24) is 19.7 Å². The van der Waals surface area contributed by atoms with Crippen LogP contribution in [0.4, 0.5) is 10.1 Å². The summed E-state index contributed by atoms with van der Waals surface area (Å²) in [5.41, 5.74) is 1.69. The first-order valence-corrected chi connectivity index (χ1v) is 18.0. The number of ether oxygens (including phenoxy) is 2. The predicted octanol–water partition coefficient (Wildman–Crippen LogP) is 6.74. The van der Waals surface area contributed by atoms with Gasteiger partial charge in [0.05, 0.1) is 16.7 Å². The summed E-state index contributed by atoms with van der Waals surface area (Å²) in [6.45, 7) is 8.47. The summed E-state index contributed by atoms with van der Waals surface area (Å²) in [7, 11) is 5.60. The second-order valence-corrected chi connectivity index (χ2v) is 14.5. The number of halogens is 1. The van der Waals surface area contributed by atoms with Gasteiger partial charge >= 0.3 is 0 Å². The van der Waals surface area contributed by atoms with Crippen molar-refractivity contribution in [3.8, 4) is 17.2 Å². The van der Waals surface area contributed by atoms with Crippen molar-refractivity contribution in [3.63, 3.8) is 0 Å². The molecule has 2 amide bonds. The van der Waals surface area contributed by atoms with Gasteiger partial charge < -0.3 is 34.1 Å². The van der Waals surface area contributed by atoms with E-state index in [1.54, 1.807) is 22.8 Å². The summed E-state index contributed by atoms with van der Waals surface area (Å²) < 4.78 is 29.6. The van der Waals surface area contributed by atoms with E-state index in [9.17, 15) is 14.4 Å². The third-order valence-electron chi connectivity index (χ3n) is 10.2. The number of amides is 2. The number of nitrogens with one attached hydrogen (secondary N) is 1. The van der Waals surface area contributed by atoms with Gasteiger partial charge in [0.1, 0.15) is 16.8 Å². The Kier molecular flexibility index (Phi) is 11.2. The van der Waals surface area contributed by atoms with Crippen LogP contribution >= 0.6 is 0 Å². The summed E-state index contributed by atoms with van der Waals surface area (Å²) >= 11 is 0. The van der Waals surface area contributed by atoms with E-state index < -0.39 is 17.2 Å². The summed E-state index contributed by atoms with van der Waals surface area (Å²) in [6.07, 6.45) is 3.95. The van der Waals surface area contributed by atoms with Crippen molar-refractivity contribution in [2.24, 2.45) is 0 Å². The topological polar surface area (TPSA) is 96.4 Å². The molecular formula is C42H48FN5O5. The number of hydrogen-bond donors (Lipinski definition) is 1. The Labute approximate surface area is 309 Å². The highest BCUT2D eigenvalue weighted by molar-refractivity contribution is 6.02. The molecule has 1 N–H and O–H groups in total. The Hall–Kier alpha value is -5.26. The number of likely N-dealkylation sites (N-methyl/N-ethyl adjacent to an activating group) is 1. The SMILES string of the molecule is CCC(C)(C)OC.CN(C)CCN(Cc1ccccc1)C(=O)c1cn2c3c(c(N4CCC(NC=O)C4)c(F)cc3c1=O)Oc1cc3ccccc3cc1-2. The van der Waals surface area contributed by atoms with Crippen molar-refractivity contribution in [2.45, 2.75) is 51.8 Å². The summed E-state index contributed by atoms with van der Waals surface area (Å²) in [5.74, 6) is -0.352. The minimum Gasteiger partial charge on any atom is -0.451 e. The maximum Gasteiger partial charge on any atom is 0.259 e. The van der Waals surface area contributed by atoms with Crippen LogP contribution in [-0.4, -0.2) is 85.7 Å². The molecule has 0 radical (unpaired) electrons. The van der Waals surface area contributed by atoms with E-state index in [0.29, 0.717) is 62.5 Å². The van der Waals surface area contributed by atoms with E-state index >= 15 is 4.39 Å².